The molecule has 0 atom stereocenters. The molecule has 1 aromatic carbocycles. The Bertz CT molecular complexity index is 828. The van der Waals surface area contributed by atoms with Crippen LogP contribution in [0.3, 0.4) is 0 Å². The molecule has 0 spiro atoms. The maximum Gasteiger partial charge on any atom is 0.202 e. The molecule has 0 saturated heterocycles. The van der Waals surface area contributed by atoms with Gasteiger partial charge in [-0.15, -0.1) is 6.58 Å². The van der Waals surface area contributed by atoms with E-state index in [1.54, 1.807) is 24.3 Å². The lowest BCUT2D eigenvalue weighted by atomic mass is 10.1. The van der Waals surface area contributed by atoms with Crippen molar-refractivity contribution >= 4 is 5.78 Å². The number of hydrogen-bond donors (Lipinski definition) is 0. The van der Waals surface area contributed by atoms with Gasteiger partial charge in [-0.3, -0.25) is 4.79 Å². The second-order valence-corrected chi connectivity index (χ2v) is 5.60. The molecule has 0 fully saturated rings. The predicted octanol–water partition coefficient (Wildman–Crippen LogP) is 3.82. The van der Waals surface area contributed by atoms with Gasteiger partial charge in [-0.1, -0.05) is 6.08 Å². The summed E-state index contributed by atoms with van der Waals surface area (Å²) in [4.78, 5) is 12.5. The van der Waals surface area contributed by atoms with Crippen LogP contribution in [0.15, 0.2) is 36.9 Å². The van der Waals surface area contributed by atoms with Gasteiger partial charge >= 0.3 is 0 Å². The molecule has 1 aromatic heterocycles. The van der Waals surface area contributed by atoms with E-state index in [9.17, 15) is 4.79 Å². The van der Waals surface area contributed by atoms with Crippen LogP contribution in [0.5, 0.6) is 11.5 Å². The minimum atomic E-state index is -0.102. The van der Waals surface area contributed by atoms with Crippen LogP contribution >= 0.6 is 0 Å². The molecule has 0 amide bonds. The molecule has 2 aromatic rings. The van der Waals surface area contributed by atoms with E-state index in [0.29, 0.717) is 35.8 Å². The van der Waals surface area contributed by atoms with Crippen molar-refractivity contribution in [2.24, 2.45) is 0 Å². The van der Waals surface area contributed by atoms with E-state index >= 15 is 0 Å². The maximum absolute atomic E-state index is 12.5. The Hall–Kier alpha value is -3.00. The summed E-state index contributed by atoms with van der Waals surface area (Å²) in [6.07, 6.45) is 1.80. The van der Waals surface area contributed by atoms with E-state index in [0.717, 1.165) is 11.4 Å². The molecular weight excluding hydrogens is 316 g/mol. The number of carbonyl (C=O) groups is 1. The third kappa shape index (κ3) is 4.10. The minimum absolute atomic E-state index is 0.0929. The Labute approximate surface area is 148 Å². The van der Waals surface area contributed by atoms with Crippen LogP contribution in [0.4, 0.5) is 0 Å². The monoisotopic (exact) mass is 338 g/mol. The van der Waals surface area contributed by atoms with Gasteiger partial charge in [0.15, 0.2) is 18.1 Å². The number of ketones is 1. The first kappa shape index (κ1) is 18.3. The van der Waals surface area contributed by atoms with Crippen molar-refractivity contribution in [1.82, 2.24) is 4.57 Å². The second-order valence-electron chi connectivity index (χ2n) is 5.60. The van der Waals surface area contributed by atoms with Gasteiger partial charge in [0.1, 0.15) is 0 Å². The van der Waals surface area contributed by atoms with Crippen LogP contribution in [0.25, 0.3) is 0 Å². The molecule has 2 rings (SSSR count). The third-order valence-corrected chi connectivity index (χ3v) is 3.92. The van der Waals surface area contributed by atoms with E-state index in [1.807, 2.05) is 31.4 Å². The summed E-state index contributed by atoms with van der Waals surface area (Å²) < 4.78 is 13.2. The Balaban J connectivity index is 2.16. The number of Topliss-reactive ketones (excluding diaryl/α,β-unsaturated/α-hetero) is 1. The van der Waals surface area contributed by atoms with Gasteiger partial charge in [-0.25, -0.2) is 0 Å². The first-order valence-corrected chi connectivity index (χ1v) is 8.12. The van der Waals surface area contributed by atoms with E-state index in [1.165, 1.54) is 0 Å². The lowest BCUT2D eigenvalue weighted by molar-refractivity contribution is 0.0918. The molecule has 0 saturated carbocycles. The molecule has 0 aliphatic rings. The van der Waals surface area contributed by atoms with Gasteiger partial charge in [0, 0.05) is 29.6 Å². The van der Waals surface area contributed by atoms with E-state index < -0.39 is 0 Å². The molecule has 0 N–H and O–H groups in total. The molecule has 5 nitrogen and oxygen atoms in total. The van der Waals surface area contributed by atoms with Crippen LogP contribution < -0.4 is 9.47 Å². The van der Waals surface area contributed by atoms with Gasteiger partial charge in [0.05, 0.1) is 18.2 Å². The van der Waals surface area contributed by atoms with Crippen molar-refractivity contribution in [3.8, 4) is 17.6 Å². The molecule has 0 radical (unpaired) electrons. The van der Waals surface area contributed by atoms with E-state index in [4.69, 9.17) is 14.7 Å². The predicted molar refractivity (Wildman–Crippen MR) is 96.3 cm³/mol. The molecule has 25 heavy (non-hydrogen) atoms. The number of aromatic nitrogens is 1. The first-order chi connectivity index (χ1) is 12.0. The normalized spacial score (nSPS) is 10.2. The van der Waals surface area contributed by atoms with Crippen molar-refractivity contribution in [3.63, 3.8) is 0 Å². The highest BCUT2D eigenvalue weighted by atomic mass is 16.5. The fourth-order valence-corrected chi connectivity index (χ4v) is 2.68. The quantitative estimate of drug-likeness (QED) is 0.542. The van der Waals surface area contributed by atoms with Crippen molar-refractivity contribution in [2.75, 3.05) is 13.2 Å². The highest BCUT2D eigenvalue weighted by molar-refractivity contribution is 5.98. The van der Waals surface area contributed by atoms with Gasteiger partial charge in [0.2, 0.25) is 5.78 Å². The minimum Gasteiger partial charge on any atom is -0.490 e. The number of hydrogen-bond acceptors (Lipinski definition) is 4. The van der Waals surface area contributed by atoms with Crippen LogP contribution in [0, 0.1) is 25.2 Å². The molecule has 5 heteroatoms. The molecule has 0 aliphatic heterocycles. The summed E-state index contributed by atoms with van der Waals surface area (Å²) in [6.45, 7) is 10.5. The van der Waals surface area contributed by atoms with E-state index in [-0.39, 0.29) is 12.4 Å². The van der Waals surface area contributed by atoms with Crippen LogP contribution in [0.1, 0.15) is 34.2 Å². The molecule has 0 aliphatic carbocycles. The molecule has 0 unspecified atom stereocenters. The summed E-state index contributed by atoms with van der Waals surface area (Å²) in [5.74, 6) is 0.816. The number of aryl methyl sites for hydroxylation is 1. The molecule has 0 bridgehead atoms. The van der Waals surface area contributed by atoms with Crippen molar-refractivity contribution in [2.45, 2.75) is 27.3 Å². The van der Waals surface area contributed by atoms with Gasteiger partial charge < -0.3 is 14.0 Å². The number of allylic oxidation sites excluding steroid dienone is 1. The molecular formula is C20H22N2O3. The average molecular weight is 338 g/mol. The topological polar surface area (TPSA) is 64.2 Å². The van der Waals surface area contributed by atoms with Crippen LogP contribution in [0.2, 0.25) is 0 Å². The zero-order valence-corrected chi connectivity index (χ0v) is 14.8. The van der Waals surface area contributed by atoms with E-state index in [2.05, 4.69) is 12.6 Å². The highest BCUT2D eigenvalue weighted by Gasteiger charge is 2.17. The maximum atomic E-state index is 12.5. The number of ether oxygens (including phenoxy) is 2. The van der Waals surface area contributed by atoms with Crippen LogP contribution in [-0.2, 0) is 6.54 Å². The van der Waals surface area contributed by atoms with Crippen molar-refractivity contribution < 1.29 is 14.3 Å². The van der Waals surface area contributed by atoms with Crippen molar-refractivity contribution in [3.05, 3.63) is 59.4 Å². The second kappa shape index (κ2) is 8.20. The Morgan fingerprint density at radius 2 is 2.04 bits per heavy atom. The summed E-state index contributed by atoms with van der Waals surface area (Å²) >= 11 is 0. The Morgan fingerprint density at radius 3 is 2.68 bits per heavy atom. The smallest absolute Gasteiger partial charge is 0.202 e. The fraction of sp³-hybridized carbons (Fsp3) is 0.300. The number of nitrogens with zero attached hydrogens (tertiary/aromatic N) is 2. The fourth-order valence-electron chi connectivity index (χ4n) is 2.68. The van der Waals surface area contributed by atoms with Gasteiger partial charge in [-0.2, -0.15) is 5.26 Å². The van der Waals surface area contributed by atoms with Gasteiger partial charge in [-0.05, 0) is 39.0 Å². The number of carbonyl (C=O) groups excluding carboxylic acids is 1. The highest BCUT2D eigenvalue weighted by Crippen LogP contribution is 2.28. The average Bonchev–Trinajstić information content (AvgIpc) is 2.89. The summed E-state index contributed by atoms with van der Waals surface area (Å²) in [5.41, 5.74) is 3.03. The lowest BCUT2D eigenvalue weighted by Crippen LogP contribution is -2.13. The zero-order chi connectivity index (χ0) is 18.4. The molecule has 130 valence electrons. The molecule has 1 heterocycles. The lowest BCUT2D eigenvalue weighted by Gasteiger charge is -2.12. The largest absolute Gasteiger partial charge is 0.490 e. The summed E-state index contributed by atoms with van der Waals surface area (Å²) in [5, 5.41) is 8.98. The zero-order valence-electron chi connectivity index (χ0n) is 14.8. The number of rotatable bonds is 8. The van der Waals surface area contributed by atoms with Crippen molar-refractivity contribution in [1.29, 1.82) is 5.26 Å². The standard InChI is InChI=1S/C20H22N2O3/c1-5-9-22-14(3)10-17(15(22)4)18(23)13-25-19-8-7-16(12-21)11-20(19)24-6-2/h5,7-8,10-11H,1,6,9,13H2,2-4H3. The summed E-state index contributed by atoms with van der Waals surface area (Å²) in [6, 6.07) is 8.82. The summed E-state index contributed by atoms with van der Waals surface area (Å²) in [7, 11) is 0. The van der Waals surface area contributed by atoms with Crippen LogP contribution in [-0.4, -0.2) is 23.6 Å². The number of nitriles is 1. The Kier molecular flexibility index (Phi) is 6.02. The van der Waals surface area contributed by atoms with Gasteiger partial charge in [0.25, 0.3) is 0 Å². The third-order valence-electron chi connectivity index (χ3n) is 3.92. The Morgan fingerprint density at radius 1 is 1.28 bits per heavy atom. The number of benzene rings is 1. The first-order valence-electron chi connectivity index (χ1n) is 8.12. The SMILES string of the molecule is C=CCn1c(C)cc(C(=O)COc2ccc(C#N)cc2OCC)c1C.